The Hall–Kier alpha value is -2.58. The van der Waals surface area contributed by atoms with Crippen molar-refractivity contribution in [1.29, 1.82) is 0 Å². The highest BCUT2D eigenvalue weighted by Gasteiger charge is 2.33. The molecule has 0 spiro atoms. The molecular formula is C27H36ClN3O4S. The van der Waals surface area contributed by atoms with Crippen LogP contribution in [0.3, 0.4) is 0 Å². The third-order valence-electron chi connectivity index (χ3n) is 6.80. The van der Waals surface area contributed by atoms with Gasteiger partial charge >= 0.3 is 0 Å². The average molecular weight is 534 g/mol. The average Bonchev–Trinajstić information content (AvgIpc) is 3.31. The number of nitrogens with one attached hydrogen (secondary N) is 1. The van der Waals surface area contributed by atoms with Crippen LogP contribution < -0.4 is 9.62 Å². The number of nitrogens with zero attached hydrogens (tertiary/aromatic N) is 2. The van der Waals surface area contributed by atoms with Crippen LogP contribution in [0.5, 0.6) is 0 Å². The monoisotopic (exact) mass is 533 g/mol. The maximum Gasteiger partial charge on any atom is 0.244 e. The molecule has 1 unspecified atom stereocenters. The summed E-state index contributed by atoms with van der Waals surface area (Å²) in [6.07, 6.45) is 5.52. The molecule has 0 saturated heterocycles. The quantitative estimate of drug-likeness (QED) is 0.484. The summed E-state index contributed by atoms with van der Waals surface area (Å²) in [5.41, 5.74) is 2.92. The Morgan fingerprint density at radius 2 is 1.75 bits per heavy atom. The highest BCUT2D eigenvalue weighted by Crippen LogP contribution is 2.26. The number of carbonyl (C=O) groups is 2. The van der Waals surface area contributed by atoms with Gasteiger partial charge in [0.05, 0.1) is 11.9 Å². The summed E-state index contributed by atoms with van der Waals surface area (Å²) < 4.78 is 26.7. The molecule has 1 aliphatic rings. The van der Waals surface area contributed by atoms with Gasteiger partial charge in [0.1, 0.15) is 12.6 Å². The van der Waals surface area contributed by atoms with Crippen molar-refractivity contribution >= 4 is 39.1 Å². The first-order valence-corrected chi connectivity index (χ1v) is 14.6. The number of rotatable bonds is 10. The van der Waals surface area contributed by atoms with Gasteiger partial charge in [-0.05, 0) is 68.0 Å². The molecule has 0 heterocycles. The molecule has 0 radical (unpaired) electrons. The van der Waals surface area contributed by atoms with Crippen LogP contribution in [0, 0.1) is 13.8 Å². The second-order valence-corrected chi connectivity index (χ2v) is 11.9. The first kappa shape index (κ1) is 28.0. The van der Waals surface area contributed by atoms with E-state index in [0.29, 0.717) is 22.7 Å². The van der Waals surface area contributed by atoms with Crippen LogP contribution in [0.15, 0.2) is 42.5 Å². The van der Waals surface area contributed by atoms with Gasteiger partial charge in [-0.1, -0.05) is 55.6 Å². The second-order valence-electron chi connectivity index (χ2n) is 9.56. The summed E-state index contributed by atoms with van der Waals surface area (Å²) in [5, 5.41) is 3.60. The molecule has 0 aromatic heterocycles. The zero-order chi connectivity index (χ0) is 26.5. The lowest BCUT2D eigenvalue weighted by Gasteiger charge is -2.34. The molecular weight excluding hydrogens is 498 g/mol. The van der Waals surface area contributed by atoms with Crippen LogP contribution in [0.4, 0.5) is 5.69 Å². The summed E-state index contributed by atoms with van der Waals surface area (Å²) in [7, 11) is -3.79. The summed E-state index contributed by atoms with van der Waals surface area (Å²) in [5.74, 6) is -0.633. The topological polar surface area (TPSA) is 86.8 Å². The van der Waals surface area contributed by atoms with Crippen molar-refractivity contribution in [1.82, 2.24) is 10.2 Å². The van der Waals surface area contributed by atoms with Gasteiger partial charge in [-0.25, -0.2) is 8.42 Å². The minimum absolute atomic E-state index is 0.117. The van der Waals surface area contributed by atoms with E-state index in [0.717, 1.165) is 47.4 Å². The van der Waals surface area contributed by atoms with Crippen molar-refractivity contribution in [2.75, 3.05) is 17.1 Å². The number of sulfonamides is 1. The maximum atomic E-state index is 13.8. The number of carbonyl (C=O) groups excluding carboxylic acids is 2. The van der Waals surface area contributed by atoms with Crippen LogP contribution in [-0.2, 0) is 26.2 Å². The van der Waals surface area contributed by atoms with E-state index in [4.69, 9.17) is 11.6 Å². The lowest BCUT2D eigenvalue weighted by molar-refractivity contribution is -0.140. The summed E-state index contributed by atoms with van der Waals surface area (Å²) in [6.45, 7) is 5.37. The smallest absolute Gasteiger partial charge is 0.244 e. The standard InChI is InChI=1S/C27H36ClN3O4S/c1-5-24(27(33)29-23-12-8-9-13-23)30(17-21-11-7-6-10-19(21)2)26(32)18-31(36(4,34)35)25-15-14-22(28)16-20(25)3/h6-7,10-11,14-16,23-24H,5,8-9,12-13,17-18H2,1-4H3,(H,29,33). The van der Waals surface area contributed by atoms with Gasteiger partial charge < -0.3 is 10.2 Å². The molecule has 0 bridgehead atoms. The Morgan fingerprint density at radius 3 is 2.33 bits per heavy atom. The molecule has 196 valence electrons. The number of anilines is 1. The molecule has 2 amide bonds. The van der Waals surface area contributed by atoms with E-state index in [2.05, 4.69) is 5.32 Å². The number of benzene rings is 2. The van der Waals surface area contributed by atoms with Gasteiger partial charge in [0.2, 0.25) is 21.8 Å². The van der Waals surface area contributed by atoms with Crippen molar-refractivity contribution in [2.45, 2.75) is 71.5 Å². The van der Waals surface area contributed by atoms with Gasteiger partial charge in [-0.15, -0.1) is 0 Å². The van der Waals surface area contributed by atoms with Crippen molar-refractivity contribution in [3.05, 3.63) is 64.2 Å². The van der Waals surface area contributed by atoms with E-state index in [9.17, 15) is 18.0 Å². The largest absolute Gasteiger partial charge is 0.352 e. The molecule has 0 aliphatic heterocycles. The molecule has 2 aromatic rings. The highest BCUT2D eigenvalue weighted by molar-refractivity contribution is 7.92. The third kappa shape index (κ3) is 7.01. The Bertz CT molecular complexity index is 1200. The van der Waals surface area contributed by atoms with Crippen molar-refractivity contribution in [3.63, 3.8) is 0 Å². The third-order valence-corrected chi connectivity index (χ3v) is 8.16. The Balaban J connectivity index is 1.95. The van der Waals surface area contributed by atoms with E-state index in [1.165, 1.54) is 4.90 Å². The van der Waals surface area contributed by atoms with Crippen molar-refractivity contribution in [2.24, 2.45) is 0 Å². The first-order chi connectivity index (χ1) is 17.0. The Kier molecular flexibility index (Phi) is 9.41. The van der Waals surface area contributed by atoms with Crippen molar-refractivity contribution in [3.8, 4) is 0 Å². The second kappa shape index (κ2) is 12.1. The fourth-order valence-corrected chi connectivity index (χ4v) is 5.89. The molecule has 36 heavy (non-hydrogen) atoms. The summed E-state index contributed by atoms with van der Waals surface area (Å²) in [6, 6.07) is 12.0. The number of hydrogen-bond acceptors (Lipinski definition) is 4. The molecule has 7 nitrogen and oxygen atoms in total. The Morgan fingerprint density at radius 1 is 1.08 bits per heavy atom. The Labute approximate surface area is 219 Å². The predicted octanol–water partition coefficient (Wildman–Crippen LogP) is 4.59. The van der Waals surface area contributed by atoms with E-state index in [-0.39, 0.29) is 18.5 Å². The van der Waals surface area contributed by atoms with E-state index in [1.54, 1.807) is 25.1 Å². The number of amides is 2. The summed E-state index contributed by atoms with van der Waals surface area (Å²) in [4.78, 5) is 28.7. The van der Waals surface area contributed by atoms with Gasteiger partial charge in [0.25, 0.3) is 0 Å². The zero-order valence-corrected chi connectivity index (χ0v) is 23.0. The van der Waals surface area contributed by atoms with Gasteiger partial charge in [0, 0.05) is 17.6 Å². The molecule has 1 fully saturated rings. The van der Waals surface area contributed by atoms with Gasteiger partial charge in [-0.2, -0.15) is 0 Å². The molecule has 1 saturated carbocycles. The van der Waals surface area contributed by atoms with E-state index < -0.39 is 28.5 Å². The SMILES string of the molecule is CCC(C(=O)NC1CCCC1)N(Cc1ccccc1C)C(=O)CN(c1ccc(Cl)cc1C)S(C)(=O)=O. The maximum absolute atomic E-state index is 13.8. The normalized spacial score (nSPS) is 14.9. The minimum atomic E-state index is -3.79. The van der Waals surface area contributed by atoms with Crippen LogP contribution in [0.1, 0.15) is 55.7 Å². The van der Waals surface area contributed by atoms with Gasteiger partial charge in [-0.3, -0.25) is 13.9 Å². The lowest BCUT2D eigenvalue weighted by Crippen LogP contribution is -2.53. The van der Waals surface area contributed by atoms with Crippen LogP contribution in [0.25, 0.3) is 0 Å². The highest BCUT2D eigenvalue weighted by atomic mass is 35.5. The van der Waals surface area contributed by atoms with Crippen LogP contribution in [0.2, 0.25) is 5.02 Å². The molecule has 1 atom stereocenters. The fourth-order valence-electron chi connectivity index (χ4n) is 4.75. The number of hydrogen-bond donors (Lipinski definition) is 1. The minimum Gasteiger partial charge on any atom is -0.352 e. The number of halogens is 1. The van der Waals surface area contributed by atoms with E-state index >= 15 is 0 Å². The fraction of sp³-hybridized carbons (Fsp3) is 0.481. The molecule has 3 rings (SSSR count). The molecule has 9 heteroatoms. The molecule has 1 N–H and O–H groups in total. The first-order valence-electron chi connectivity index (χ1n) is 12.4. The molecule has 1 aliphatic carbocycles. The van der Waals surface area contributed by atoms with E-state index in [1.807, 2.05) is 38.1 Å². The van der Waals surface area contributed by atoms with Crippen LogP contribution in [-0.4, -0.2) is 50.0 Å². The van der Waals surface area contributed by atoms with Crippen molar-refractivity contribution < 1.29 is 18.0 Å². The lowest BCUT2D eigenvalue weighted by atomic mass is 10.1. The predicted molar refractivity (Wildman–Crippen MR) is 145 cm³/mol. The number of aryl methyl sites for hydroxylation is 2. The zero-order valence-electron chi connectivity index (χ0n) is 21.5. The molecule has 2 aromatic carbocycles. The summed E-state index contributed by atoms with van der Waals surface area (Å²) >= 11 is 6.07. The van der Waals surface area contributed by atoms with Crippen LogP contribution >= 0.6 is 11.6 Å². The van der Waals surface area contributed by atoms with Gasteiger partial charge in [0.15, 0.2) is 0 Å².